The minimum atomic E-state index is -0.641. The molecule has 0 bridgehead atoms. The standard InChI is InChI=1S/C38H34N6O2S/c1-5-34(45)43-18-16-28(17-19-43)47-36-29(21-25-8-6-7-9-31(25)41-36)24-10-15-32-30(20-24)35-33(22-40-32)42(4)37(46)44(35)27-13-11-26(12-14-27)38(2,3)23-39/h5-15,20-22,28H,1,16-19H2,2-4H3. The van der Waals surface area contributed by atoms with Crippen molar-refractivity contribution in [3.8, 4) is 22.9 Å². The Labute approximate surface area is 277 Å². The first-order valence-electron chi connectivity index (χ1n) is 15.7. The molecule has 4 heterocycles. The highest BCUT2D eigenvalue weighted by atomic mass is 32.2. The van der Waals surface area contributed by atoms with Crippen LogP contribution in [0.5, 0.6) is 0 Å². The normalized spacial score (nSPS) is 14.1. The molecule has 47 heavy (non-hydrogen) atoms. The van der Waals surface area contributed by atoms with Crippen LogP contribution >= 0.6 is 11.8 Å². The summed E-state index contributed by atoms with van der Waals surface area (Å²) in [4.78, 5) is 37.6. The monoisotopic (exact) mass is 638 g/mol. The number of carbonyl (C=O) groups is 1. The first-order chi connectivity index (χ1) is 22.7. The molecule has 9 heteroatoms. The van der Waals surface area contributed by atoms with E-state index < -0.39 is 5.41 Å². The van der Waals surface area contributed by atoms with Crippen molar-refractivity contribution in [1.29, 1.82) is 5.26 Å². The number of likely N-dealkylation sites (tertiary alicyclic amines) is 1. The number of imidazole rings is 1. The molecule has 1 amide bonds. The number of hydrogen-bond donors (Lipinski definition) is 0. The van der Waals surface area contributed by atoms with Crippen molar-refractivity contribution in [3.05, 3.63) is 108 Å². The average Bonchev–Trinajstić information content (AvgIpc) is 3.37. The number of rotatable bonds is 6. The molecule has 0 N–H and O–H groups in total. The Balaban J connectivity index is 1.36. The molecule has 0 atom stereocenters. The van der Waals surface area contributed by atoms with Crippen LogP contribution in [0.15, 0.2) is 101 Å². The number of aromatic nitrogens is 4. The molecule has 0 radical (unpaired) electrons. The molecular formula is C38H34N6O2S. The molecular weight excluding hydrogens is 605 g/mol. The van der Waals surface area contributed by atoms with Crippen LogP contribution in [0.3, 0.4) is 0 Å². The smallest absolute Gasteiger partial charge is 0.333 e. The maximum atomic E-state index is 13.7. The van der Waals surface area contributed by atoms with Crippen molar-refractivity contribution in [2.24, 2.45) is 7.05 Å². The number of para-hydroxylation sites is 1. The quantitative estimate of drug-likeness (QED) is 0.180. The third kappa shape index (κ3) is 5.38. The van der Waals surface area contributed by atoms with E-state index in [4.69, 9.17) is 9.97 Å². The molecule has 0 saturated carbocycles. The number of nitriles is 1. The number of thioether (sulfide) groups is 1. The van der Waals surface area contributed by atoms with Gasteiger partial charge >= 0.3 is 5.69 Å². The fraction of sp³-hybridized carbons (Fsp3) is 0.237. The van der Waals surface area contributed by atoms with Gasteiger partial charge in [-0.05, 0) is 80.3 Å². The average molecular weight is 639 g/mol. The zero-order valence-electron chi connectivity index (χ0n) is 26.6. The van der Waals surface area contributed by atoms with Gasteiger partial charge in [0.15, 0.2) is 0 Å². The number of pyridine rings is 2. The fourth-order valence-corrected chi connectivity index (χ4v) is 7.59. The number of carbonyl (C=O) groups excluding carboxylic acids is 1. The molecule has 1 aliphatic heterocycles. The lowest BCUT2D eigenvalue weighted by Gasteiger charge is -2.31. The number of piperidine rings is 1. The lowest BCUT2D eigenvalue weighted by molar-refractivity contribution is -0.126. The second-order valence-corrected chi connectivity index (χ2v) is 13.9. The summed E-state index contributed by atoms with van der Waals surface area (Å²) in [5, 5.41) is 12.8. The van der Waals surface area contributed by atoms with E-state index in [-0.39, 0.29) is 11.6 Å². The molecule has 1 fully saturated rings. The minimum absolute atomic E-state index is 0.0182. The van der Waals surface area contributed by atoms with Crippen molar-refractivity contribution < 1.29 is 4.79 Å². The minimum Gasteiger partial charge on any atom is -0.339 e. The summed E-state index contributed by atoms with van der Waals surface area (Å²) < 4.78 is 3.36. The largest absolute Gasteiger partial charge is 0.339 e. The third-order valence-electron chi connectivity index (χ3n) is 9.22. The van der Waals surface area contributed by atoms with E-state index in [1.54, 1.807) is 34.1 Å². The Morgan fingerprint density at radius 3 is 2.51 bits per heavy atom. The van der Waals surface area contributed by atoms with Gasteiger partial charge in [0.2, 0.25) is 5.91 Å². The van der Waals surface area contributed by atoms with E-state index in [0.717, 1.165) is 73.1 Å². The van der Waals surface area contributed by atoms with Gasteiger partial charge in [-0.25, -0.2) is 9.78 Å². The van der Waals surface area contributed by atoms with Crippen molar-refractivity contribution in [2.75, 3.05) is 13.1 Å². The van der Waals surface area contributed by atoms with Gasteiger partial charge in [-0.2, -0.15) is 5.26 Å². The van der Waals surface area contributed by atoms with Crippen molar-refractivity contribution in [3.63, 3.8) is 0 Å². The van der Waals surface area contributed by atoms with Gasteiger partial charge in [0.05, 0.1) is 45.4 Å². The number of benzene rings is 3. The van der Waals surface area contributed by atoms with Gasteiger partial charge in [-0.3, -0.25) is 18.9 Å². The van der Waals surface area contributed by atoms with Crippen molar-refractivity contribution in [1.82, 2.24) is 24.0 Å². The summed E-state index contributed by atoms with van der Waals surface area (Å²) in [6.45, 7) is 8.80. The molecule has 0 aliphatic carbocycles. The zero-order chi connectivity index (χ0) is 32.9. The van der Waals surface area contributed by atoms with Crippen molar-refractivity contribution >= 4 is 50.5 Å². The van der Waals surface area contributed by atoms with Gasteiger partial charge in [0.25, 0.3) is 0 Å². The summed E-state index contributed by atoms with van der Waals surface area (Å²) >= 11 is 1.77. The van der Waals surface area contributed by atoms with Crippen LogP contribution in [0.25, 0.3) is 49.7 Å². The first kappa shape index (κ1) is 30.5. The Morgan fingerprint density at radius 2 is 1.79 bits per heavy atom. The van der Waals surface area contributed by atoms with Gasteiger partial charge in [0.1, 0.15) is 5.03 Å². The predicted molar refractivity (Wildman–Crippen MR) is 189 cm³/mol. The van der Waals surface area contributed by atoms with Gasteiger partial charge in [-0.15, -0.1) is 11.8 Å². The Kier molecular flexibility index (Phi) is 7.69. The van der Waals surface area contributed by atoms with Crippen LogP contribution in [0.1, 0.15) is 32.3 Å². The predicted octanol–water partition coefficient (Wildman–Crippen LogP) is 7.16. The molecule has 8 nitrogen and oxygen atoms in total. The molecule has 1 saturated heterocycles. The number of nitrogens with zero attached hydrogens (tertiary/aromatic N) is 6. The van der Waals surface area contributed by atoms with E-state index in [1.807, 2.05) is 67.3 Å². The maximum Gasteiger partial charge on any atom is 0.333 e. The highest BCUT2D eigenvalue weighted by Gasteiger charge is 2.25. The third-order valence-corrected chi connectivity index (χ3v) is 10.6. The molecule has 3 aromatic heterocycles. The summed E-state index contributed by atoms with van der Waals surface area (Å²) in [7, 11) is 1.77. The van der Waals surface area contributed by atoms with E-state index in [0.29, 0.717) is 18.3 Å². The number of hydrogen-bond acceptors (Lipinski definition) is 6. The molecule has 6 aromatic rings. The number of fused-ring (bicyclic) bond motifs is 4. The Hall–Kier alpha value is -5.20. The second-order valence-electron chi connectivity index (χ2n) is 12.6. The van der Waals surface area contributed by atoms with Crippen molar-refractivity contribution in [2.45, 2.75) is 42.4 Å². The lowest BCUT2D eigenvalue weighted by Crippen LogP contribution is -2.38. The van der Waals surface area contributed by atoms with E-state index in [9.17, 15) is 14.9 Å². The molecule has 0 unspecified atom stereocenters. The molecule has 3 aromatic carbocycles. The van der Waals surface area contributed by atoms with E-state index in [1.165, 1.54) is 6.08 Å². The highest BCUT2D eigenvalue weighted by Crippen LogP contribution is 2.39. The van der Waals surface area contributed by atoms with Crippen LogP contribution < -0.4 is 5.69 Å². The summed E-state index contributed by atoms with van der Waals surface area (Å²) in [6, 6.07) is 26.5. The number of aryl methyl sites for hydroxylation is 1. The Morgan fingerprint density at radius 1 is 1.04 bits per heavy atom. The molecule has 7 rings (SSSR count). The zero-order valence-corrected chi connectivity index (χ0v) is 27.4. The topological polar surface area (TPSA) is 96.8 Å². The Bertz CT molecular complexity index is 2300. The summed E-state index contributed by atoms with van der Waals surface area (Å²) in [6.07, 6.45) is 4.89. The van der Waals surface area contributed by atoms with Gasteiger partial charge in [-0.1, -0.05) is 43.0 Å². The summed E-state index contributed by atoms with van der Waals surface area (Å²) in [5.41, 5.74) is 6.03. The lowest BCUT2D eigenvalue weighted by atomic mass is 9.86. The van der Waals surface area contributed by atoms with Crippen LogP contribution in [0, 0.1) is 11.3 Å². The fourth-order valence-electron chi connectivity index (χ4n) is 6.37. The van der Waals surface area contributed by atoms with Crippen LogP contribution in [0.4, 0.5) is 0 Å². The number of amides is 1. The van der Waals surface area contributed by atoms with Crippen LogP contribution in [0.2, 0.25) is 0 Å². The van der Waals surface area contributed by atoms with Crippen LogP contribution in [-0.2, 0) is 17.3 Å². The maximum absolute atomic E-state index is 13.7. The van der Waals surface area contributed by atoms with Gasteiger partial charge < -0.3 is 4.90 Å². The molecule has 1 aliphatic rings. The van der Waals surface area contributed by atoms with Crippen LogP contribution in [-0.4, -0.2) is 48.2 Å². The summed E-state index contributed by atoms with van der Waals surface area (Å²) in [5.74, 6) is -0.0182. The molecule has 234 valence electrons. The highest BCUT2D eigenvalue weighted by molar-refractivity contribution is 8.00. The van der Waals surface area contributed by atoms with Gasteiger partial charge in [0, 0.05) is 41.7 Å². The van der Waals surface area contributed by atoms with E-state index in [2.05, 4.69) is 36.9 Å². The van der Waals surface area contributed by atoms with E-state index >= 15 is 0 Å². The second kappa shape index (κ2) is 11.9. The molecule has 0 spiro atoms. The SMILES string of the molecule is C=CC(=O)N1CCC(Sc2nc3ccccc3cc2-c2ccc3ncc4c(c3c2)n(-c2ccc(C(C)(C)C#N)cc2)c(=O)n4C)CC1. The first-order valence-corrected chi connectivity index (χ1v) is 16.6.